The maximum Gasteiger partial charge on any atom is 0.0715 e. The van der Waals surface area contributed by atoms with E-state index in [1.807, 2.05) is 13.8 Å². The van der Waals surface area contributed by atoms with Crippen LogP contribution in [-0.2, 0) is 0 Å². The SMILES string of the molecule is CN1CCCC(NCC(C)(C)O)c2ccccc21. The molecule has 18 heavy (non-hydrogen) atoms. The maximum absolute atomic E-state index is 9.85. The Labute approximate surface area is 110 Å². The third-order valence-corrected chi connectivity index (χ3v) is 3.49. The molecule has 2 rings (SSSR count). The van der Waals surface area contributed by atoms with Gasteiger partial charge >= 0.3 is 0 Å². The average Bonchev–Trinajstić information content (AvgIpc) is 2.46. The Hall–Kier alpha value is -1.06. The van der Waals surface area contributed by atoms with E-state index in [4.69, 9.17) is 0 Å². The van der Waals surface area contributed by atoms with Crippen molar-refractivity contribution < 1.29 is 5.11 Å². The molecule has 1 aromatic carbocycles. The van der Waals surface area contributed by atoms with Crippen LogP contribution >= 0.6 is 0 Å². The summed E-state index contributed by atoms with van der Waals surface area (Å²) < 4.78 is 0. The van der Waals surface area contributed by atoms with Gasteiger partial charge in [-0.05, 0) is 38.3 Å². The lowest BCUT2D eigenvalue weighted by atomic mass is 10.0. The van der Waals surface area contributed by atoms with E-state index in [1.165, 1.54) is 17.7 Å². The standard InChI is InChI=1S/C15H24N2O/c1-15(2,18)11-16-13-8-6-10-17(3)14-9-5-4-7-12(13)14/h4-5,7,9,13,16,18H,6,8,10-11H2,1-3H3. The number of benzene rings is 1. The molecule has 3 heteroatoms. The Morgan fingerprint density at radius 2 is 2.11 bits per heavy atom. The van der Waals surface area contributed by atoms with Gasteiger partial charge in [0.25, 0.3) is 0 Å². The molecule has 0 amide bonds. The number of hydrogen-bond donors (Lipinski definition) is 2. The first-order chi connectivity index (χ1) is 8.47. The van der Waals surface area contributed by atoms with Gasteiger partial charge < -0.3 is 15.3 Å². The second kappa shape index (κ2) is 5.29. The first kappa shape index (κ1) is 13.4. The van der Waals surface area contributed by atoms with Crippen LogP contribution in [0.3, 0.4) is 0 Å². The molecule has 1 heterocycles. The van der Waals surface area contributed by atoms with E-state index in [0.29, 0.717) is 12.6 Å². The summed E-state index contributed by atoms with van der Waals surface area (Å²) in [7, 11) is 2.15. The fourth-order valence-electron chi connectivity index (χ4n) is 2.52. The van der Waals surface area contributed by atoms with E-state index in [2.05, 4.69) is 41.5 Å². The monoisotopic (exact) mass is 248 g/mol. The zero-order chi connectivity index (χ0) is 13.2. The molecule has 1 aromatic rings. The molecule has 0 aromatic heterocycles. The van der Waals surface area contributed by atoms with E-state index in [1.54, 1.807) is 0 Å². The lowest BCUT2D eigenvalue weighted by molar-refractivity contribution is 0.0760. The van der Waals surface area contributed by atoms with Gasteiger partial charge in [-0.1, -0.05) is 18.2 Å². The molecule has 2 N–H and O–H groups in total. The summed E-state index contributed by atoms with van der Waals surface area (Å²) in [5, 5.41) is 13.3. The summed E-state index contributed by atoms with van der Waals surface area (Å²) in [6, 6.07) is 8.90. The minimum absolute atomic E-state index is 0.345. The molecular formula is C15H24N2O. The van der Waals surface area contributed by atoms with Crippen LogP contribution < -0.4 is 10.2 Å². The normalized spacial score (nSPS) is 20.4. The molecular weight excluding hydrogens is 224 g/mol. The Bertz CT molecular complexity index is 398. The Balaban J connectivity index is 2.18. The predicted molar refractivity (Wildman–Crippen MR) is 76.0 cm³/mol. The first-order valence-corrected chi connectivity index (χ1v) is 6.73. The summed E-state index contributed by atoms with van der Waals surface area (Å²) in [4.78, 5) is 2.32. The molecule has 3 nitrogen and oxygen atoms in total. The number of para-hydroxylation sites is 1. The third kappa shape index (κ3) is 3.24. The van der Waals surface area contributed by atoms with Crippen molar-refractivity contribution in [2.45, 2.75) is 38.3 Å². The molecule has 0 saturated heterocycles. The highest BCUT2D eigenvalue weighted by atomic mass is 16.3. The summed E-state index contributed by atoms with van der Waals surface area (Å²) in [5.41, 5.74) is 2.00. The summed E-state index contributed by atoms with van der Waals surface area (Å²) in [6.45, 7) is 5.40. The Morgan fingerprint density at radius 1 is 1.39 bits per heavy atom. The first-order valence-electron chi connectivity index (χ1n) is 6.73. The van der Waals surface area contributed by atoms with Crippen LogP contribution in [0.4, 0.5) is 5.69 Å². The Kier molecular flexibility index (Phi) is 3.93. The fraction of sp³-hybridized carbons (Fsp3) is 0.600. The summed E-state index contributed by atoms with van der Waals surface area (Å²) >= 11 is 0. The van der Waals surface area contributed by atoms with E-state index in [0.717, 1.165) is 13.0 Å². The molecule has 1 unspecified atom stereocenters. The maximum atomic E-state index is 9.85. The lowest BCUT2D eigenvalue weighted by Gasteiger charge is -2.25. The van der Waals surface area contributed by atoms with Crippen LogP contribution in [0.15, 0.2) is 24.3 Å². The average molecular weight is 248 g/mol. The minimum atomic E-state index is -0.660. The van der Waals surface area contributed by atoms with Gasteiger partial charge in [-0.2, -0.15) is 0 Å². The van der Waals surface area contributed by atoms with E-state index in [-0.39, 0.29) is 0 Å². The molecule has 0 aliphatic carbocycles. The molecule has 0 saturated carbocycles. The number of rotatable bonds is 3. The van der Waals surface area contributed by atoms with Gasteiger partial charge in [-0.25, -0.2) is 0 Å². The number of hydrogen-bond acceptors (Lipinski definition) is 3. The highest BCUT2D eigenvalue weighted by Gasteiger charge is 2.22. The molecule has 1 atom stereocenters. The van der Waals surface area contributed by atoms with Crippen LogP contribution in [-0.4, -0.2) is 30.8 Å². The van der Waals surface area contributed by atoms with Gasteiger partial charge in [0, 0.05) is 31.9 Å². The number of aliphatic hydroxyl groups is 1. The predicted octanol–water partition coefficient (Wildman–Crippen LogP) is 2.32. The third-order valence-electron chi connectivity index (χ3n) is 3.49. The molecule has 0 spiro atoms. The second-order valence-electron chi connectivity index (χ2n) is 5.87. The number of anilines is 1. The van der Waals surface area contributed by atoms with Gasteiger partial charge in [-0.3, -0.25) is 0 Å². The van der Waals surface area contributed by atoms with Gasteiger partial charge in [0.15, 0.2) is 0 Å². The molecule has 0 radical (unpaired) electrons. The van der Waals surface area contributed by atoms with Crippen molar-refractivity contribution in [3.63, 3.8) is 0 Å². The topological polar surface area (TPSA) is 35.5 Å². The van der Waals surface area contributed by atoms with Crippen molar-refractivity contribution in [2.75, 3.05) is 25.0 Å². The zero-order valence-electron chi connectivity index (χ0n) is 11.6. The van der Waals surface area contributed by atoms with Crippen molar-refractivity contribution in [1.29, 1.82) is 0 Å². The number of nitrogens with zero attached hydrogens (tertiary/aromatic N) is 1. The minimum Gasteiger partial charge on any atom is -0.389 e. The highest BCUT2D eigenvalue weighted by molar-refractivity contribution is 5.55. The van der Waals surface area contributed by atoms with Gasteiger partial charge in [0.05, 0.1) is 5.60 Å². The van der Waals surface area contributed by atoms with Crippen LogP contribution in [0.2, 0.25) is 0 Å². The molecule has 0 fully saturated rings. The number of fused-ring (bicyclic) bond motifs is 1. The van der Waals surface area contributed by atoms with Crippen molar-refractivity contribution in [3.8, 4) is 0 Å². The molecule has 0 bridgehead atoms. The van der Waals surface area contributed by atoms with Gasteiger partial charge in [0.1, 0.15) is 0 Å². The van der Waals surface area contributed by atoms with E-state index in [9.17, 15) is 5.11 Å². The van der Waals surface area contributed by atoms with Crippen molar-refractivity contribution in [2.24, 2.45) is 0 Å². The van der Waals surface area contributed by atoms with Crippen LogP contribution in [0.5, 0.6) is 0 Å². The van der Waals surface area contributed by atoms with Crippen molar-refractivity contribution >= 4 is 5.69 Å². The van der Waals surface area contributed by atoms with E-state index < -0.39 is 5.60 Å². The largest absolute Gasteiger partial charge is 0.389 e. The van der Waals surface area contributed by atoms with Crippen LogP contribution in [0, 0.1) is 0 Å². The quantitative estimate of drug-likeness (QED) is 0.861. The van der Waals surface area contributed by atoms with Crippen LogP contribution in [0.25, 0.3) is 0 Å². The van der Waals surface area contributed by atoms with Gasteiger partial charge in [0.2, 0.25) is 0 Å². The Morgan fingerprint density at radius 3 is 2.83 bits per heavy atom. The van der Waals surface area contributed by atoms with Crippen LogP contribution in [0.1, 0.15) is 38.3 Å². The molecule has 1 aliphatic heterocycles. The second-order valence-corrected chi connectivity index (χ2v) is 5.87. The highest BCUT2D eigenvalue weighted by Crippen LogP contribution is 2.31. The smallest absolute Gasteiger partial charge is 0.0715 e. The lowest BCUT2D eigenvalue weighted by Crippen LogP contribution is -2.36. The molecule has 100 valence electrons. The molecule has 1 aliphatic rings. The number of nitrogens with one attached hydrogen (secondary N) is 1. The fourth-order valence-corrected chi connectivity index (χ4v) is 2.52. The van der Waals surface area contributed by atoms with Crippen molar-refractivity contribution in [3.05, 3.63) is 29.8 Å². The summed E-state index contributed by atoms with van der Waals surface area (Å²) in [5.74, 6) is 0. The van der Waals surface area contributed by atoms with Crippen molar-refractivity contribution in [1.82, 2.24) is 5.32 Å². The summed E-state index contributed by atoms with van der Waals surface area (Å²) in [6.07, 6.45) is 2.30. The van der Waals surface area contributed by atoms with E-state index >= 15 is 0 Å². The zero-order valence-corrected chi connectivity index (χ0v) is 11.6. The van der Waals surface area contributed by atoms with Gasteiger partial charge in [-0.15, -0.1) is 0 Å².